The van der Waals surface area contributed by atoms with Crippen LogP contribution in [0.4, 0.5) is 5.13 Å². The van der Waals surface area contributed by atoms with Crippen LogP contribution in [0.2, 0.25) is 5.02 Å². The molecule has 3 aromatic carbocycles. The minimum Gasteiger partial charge on any atom is -0.309 e. The highest BCUT2D eigenvalue weighted by molar-refractivity contribution is 7.22. The van der Waals surface area contributed by atoms with Crippen LogP contribution in [0, 0.1) is 0 Å². The Labute approximate surface area is 198 Å². The van der Waals surface area contributed by atoms with Crippen LogP contribution in [0.15, 0.2) is 78.9 Å². The van der Waals surface area contributed by atoms with E-state index in [1.165, 1.54) is 11.3 Å². The summed E-state index contributed by atoms with van der Waals surface area (Å²) < 4.78 is 0.980. The van der Waals surface area contributed by atoms with Crippen molar-refractivity contribution in [1.82, 2.24) is 9.88 Å². The van der Waals surface area contributed by atoms with Crippen molar-refractivity contribution in [2.45, 2.75) is 12.3 Å². The fourth-order valence-corrected chi connectivity index (χ4v) is 5.09. The van der Waals surface area contributed by atoms with E-state index in [1.807, 2.05) is 97.9 Å². The van der Waals surface area contributed by atoms with Gasteiger partial charge in [-0.3, -0.25) is 9.69 Å². The number of benzene rings is 3. The fourth-order valence-electron chi connectivity index (χ4n) is 3.79. The fraction of sp³-hybridized carbons (Fsp3) is 0.231. The average Bonchev–Trinajstić information content (AvgIpc) is 3.23. The molecule has 0 aliphatic rings. The maximum Gasteiger partial charge on any atom is 0.240 e. The summed E-state index contributed by atoms with van der Waals surface area (Å²) in [4.78, 5) is 22.9. The topological polar surface area (TPSA) is 36.4 Å². The number of amides is 1. The van der Waals surface area contributed by atoms with E-state index >= 15 is 0 Å². The zero-order chi connectivity index (χ0) is 22.5. The molecule has 0 bridgehead atoms. The first-order valence-electron chi connectivity index (χ1n) is 10.7. The standard InChI is InChI=1S/C26H26ClN3OS/c1-29(2)17-10-18-30(26-28-24-21(27)15-9-16-22(24)32-26)25(31)23(19-11-5-3-6-12-19)20-13-7-4-8-14-20/h3-9,11-16,23H,10,17-18H2,1-2H3. The highest BCUT2D eigenvalue weighted by atomic mass is 35.5. The lowest BCUT2D eigenvalue weighted by molar-refractivity contribution is -0.119. The van der Waals surface area contributed by atoms with Gasteiger partial charge in [0.2, 0.25) is 5.91 Å². The number of fused-ring (bicyclic) bond motifs is 1. The SMILES string of the molecule is CN(C)CCCN(C(=O)C(c1ccccc1)c1ccccc1)c1nc2c(Cl)cccc2s1. The Morgan fingerprint density at radius 1 is 0.906 bits per heavy atom. The largest absolute Gasteiger partial charge is 0.309 e. The number of carbonyl (C=O) groups excluding carboxylic acids is 1. The molecule has 1 aromatic heterocycles. The summed E-state index contributed by atoms with van der Waals surface area (Å²) in [7, 11) is 4.08. The molecule has 0 atom stereocenters. The molecule has 0 unspecified atom stereocenters. The van der Waals surface area contributed by atoms with E-state index < -0.39 is 5.92 Å². The summed E-state index contributed by atoms with van der Waals surface area (Å²) in [5.74, 6) is -0.379. The number of para-hydroxylation sites is 1. The number of hydrogen-bond acceptors (Lipinski definition) is 4. The number of hydrogen-bond donors (Lipinski definition) is 0. The lowest BCUT2D eigenvalue weighted by Gasteiger charge is -2.26. The third-order valence-corrected chi connectivity index (χ3v) is 6.70. The Morgan fingerprint density at radius 2 is 1.53 bits per heavy atom. The van der Waals surface area contributed by atoms with Gasteiger partial charge in [0.25, 0.3) is 0 Å². The first-order chi connectivity index (χ1) is 15.5. The molecule has 4 aromatic rings. The van der Waals surface area contributed by atoms with E-state index in [2.05, 4.69) is 4.90 Å². The summed E-state index contributed by atoms with van der Waals surface area (Å²) in [6, 6.07) is 25.7. The number of carbonyl (C=O) groups is 1. The maximum absolute atomic E-state index is 14.1. The lowest BCUT2D eigenvalue weighted by Crippen LogP contribution is -2.37. The highest BCUT2D eigenvalue weighted by Crippen LogP contribution is 2.35. The molecule has 0 saturated carbocycles. The molecule has 6 heteroatoms. The molecule has 1 heterocycles. The van der Waals surface area contributed by atoms with Crippen molar-refractivity contribution in [2.75, 3.05) is 32.1 Å². The van der Waals surface area contributed by atoms with Gasteiger partial charge in [-0.15, -0.1) is 0 Å². The summed E-state index contributed by atoms with van der Waals surface area (Å²) >= 11 is 7.90. The van der Waals surface area contributed by atoms with Crippen LogP contribution >= 0.6 is 22.9 Å². The molecular weight excluding hydrogens is 438 g/mol. The van der Waals surface area contributed by atoms with Crippen LogP contribution in [0.25, 0.3) is 10.2 Å². The molecule has 164 valence electrons. The second-order valence-electron chi connectivity index (χ2n) is 7.98. The van der Waals surface area contributed by atoms with Gasteiger partial charge >= 0.3 is 0 Å². The Kier molecular flexibility index (Phi) is 7.20. The lowest BCUT2D eigenvalue weighted by atomic mass is 9.90. The third-order valence-electron chi connectivity index (χ3n) is 5.36. The van der Waals surface area contributed by atoms with E-state index in [9.17, 15) is 4.79 Å². The molecule has 32 heavy (non-hydrogen) atoms. The van der Waals surface area contributed by atoms with E-state index in [4.69, 9.17) is 16.6 Å². The molecule has 1 amide bonds. The molecule has 0 radical (unpaired) electrons. The van der Waals surface area contributed by atoms with Crippen molar-refractivity contribution in [3.8, 4) is 0 Å². The summed E-state index contributed by atoms with van der Waals surface area (Å²) in [6.45, 7) is 1.47. The Balaban J connectivity index is 1.77. The van der Waals surface area contributed by atoms with Gasteiger partial charge in [0, 0.05) is 6.54 Å². The van der Waals surface area contributed by atoms with Gasteiger partial charge in [0.05, 0.1) is 15.6 Å². The Morgan fingerprint density at radius 3 is 2.09 bits per heavy atom. The summed E-state index contributed by atoms with van der Waals surface area (Å²) in [5.41, 5.74) is 2.69. The molecule has 0 saturated heterocycles. The normalized spacial score (nSPS) is 11.4. The second-order valence-corrected chi connectivity index (χ2v) is 9.40. The van der Waals surface area contributed by atoms with Crippen molar-refractivity contribution >= 4 is 44.2 Å². The smallest absolute Gasteiger partial charge is 0.240 e. The van der Waals surface area contributed by atoms with Crippen molar-refractivity contribution in [1.29, 1.82) is 0 Å². The van der Waals surface area contributed by atoms with E-state index in [1.54, 1.807) is 0 Å². The van der Waals surface area contributed by atoms with Gasteiger partial charge in [-0.2, -0.15) is 0 Å². The average molecular weight is 464 g/mol. The van der Waals surface area contributed by atoms with Gasteiger partial charge < -0.3 is 4.90 Å². The van der Waals surface area contributed by atoms with Crippen LogP contribution in [-0.2, 0) is 4.79 Å². The zero-order valence-electron chi connectivity index (χ0n) is 18.2. The highest BCUT2D eigenvalue weighted by Gasteiger charge is 2.30. The minimum absolute atomic E-state index is 0.0244. The molecule has 4 nitrogen and oxygen atoms in total. The predicted molar refractivity (Wildman–Crippen MR) is 135 cm³/mol. The van der Waals surface area contributed by atoms with Crippen molar-refractivity contribution < 1.29 is 4.79 Å². The van der Waals surface area contributed by atoms with Crippen LogP contribution in [0.5, 0.6) is 0 Å². The van der Waals surface area contributed by atoms with Crippen LogP contribution in [0.3, 0.4) is 0 Å². The van der Waals surface area contributed by atoms with Gasteiger partial charge in [-0.1, -0.05) is 89.7 Å². The number of rotatable bonds is 8. The van der Waals surface area contributed by atoms with Crippen LogP contribution in [0.1, 0.15) is 23.5 Å². The molecule has 0 aliphatic heterocycles. The second kappa shape index (κ2) is 10.3. The minimum atomic E-state index is -0.403. The first-order valence-corrected chi connectivity index (χ1v) is 11.8. The summed E-state index contributed by atoms with van der Waals surface area (Å²) in [6.07, 6.45) is 0.846. The van der Waals surface area contributed by atoms with Crippen molar-refractivity contribution in [3.63, 3.8) is 0 Å². The summed E-state index contributed by atoms with van der Waals surface area (Å²) in [5, 5.41) is 1.29. The van der Waals surface area contributed by atoms with Crippen molar-refractivity contribution in [3.05, 3.63) is 95.0 Å². The number of aromatic nitrogens is 1. The first kappa shape index (κ1) is 22.5. The van der Waals surface area contributed by atoms with Crippen LogP contribution in [-0.4, -0.2) is 43.0 Å². The Hall–Kier alpha value is -2.73. The number of nitrogens with zero attached hydrogens (tertiary/aromatic N) is 3. The van der Waals surface area contributed by atoms with E-state index in [0.29, 0.717) is 16.7 Å². The van der Waals surface area contributed by atoms with Gasteiger partial charge in [-0.25, -0.2) is 4.98 Å². The van der Waals surface area contributed by atoms with Gasteiger partial charge in [-0.05, 0) is 50.3 Å². The number of anilines is 1. The third kappa shape index (κ3) is 5.01. The monoisotopic (exact) mass is 463 g/mol. The van der Waals surface area contributed by atoms with Gasteiger partial charge in [0.1, 0.15) is 5.52 Å². The van der Waals surface area contributed by atoms with Crippen molar-refractivity contribution in [2.24, 2.45) is 0 Å². The van der Waals surface area contributed by atoms with E-state index in [0.717, 1.165) is 34.3 Å². The molecule has 0 N–H and O–H groups in total. The molecule has 0 aliphatic carbocycles. The number of thiazole rings is 1. The maximum atomic E-state index is 14.1. The molecule has 0 fully saturated rings. The predicted octanol–water partition coefficient (Wildman–Crippen LogP) is 6.07. The van der Waals surface area contributed by atoms with E-state index in [-0.39, 0.29) is 5.91 Å². The van der Waals surface area contributed by atoms with Crippen LogP contribution < -0.4 is 4.90 Å². The Bertz CT molecular complexity index is 1140. The molecule has 4 rings (SSSR count). The molecule has 0 spiro atoms. The van der Waals surface area contributed by atoms with Gasteiger partial charge in [0.15, 0.2) is 5.13 Å². The zero-order valence-corrected chi connectivity index (χ0v) is 19.8. The quantitative estimate of drug-likeness (QED) is 0.318. The molecular formula is C26H26ClN3OS. The number of halogens is 1.